The zero-order valence-electron chi connectivity index (χ0n) is 11.4. The summed E-state index contributed by atoms with van der Waals surface area (Å²) >= 11 is 0. The Bertz CT molecular complexity index is 757. The summed E-state index contributed by atoms with van der Waals surface area (Å²) in [4.78, 5) is 1.43. The fourth-order valence-corrected chi connectivity index (χ4v) is 1.99. The maximum atomic E-state index is 13.1. The number of hydrogen-bond acceptors (Lipinski definition) is 4. The lowest BCUT2D eigenvalue weighted by atomic mass is 10.2. The molecule has 3 aromatic rings. The first-order valence-electron chi connectivity index (χ1n) is 6.41. The Morgan fingerprint density at radius 2 is 2.00 bits per heavy atom. The molecule has 0 spiro atoms. The van der Waals surface area contributed by atoms with E-state index in [-0.39, 0.29) is 5.82 Å². The molecule has 5 nitrogen and oxygen atoms in total. The number of halogens is 1. The Labute approximate surface area is 121 Å². The van der Waals surface area contributed by atoms with E-state index in [1.807, 2.05) is 30.3 Å². The van der Waals surface area contributed by atoms with Crippen molar-refractivity contribution >= 4 is 0 Å². The van der Waals surface area contributed by atoms with E-state index < -0.39 is 0 Å². The van der Waals surface area contributed by atoms with Gasteiger partial charge in [-0.05, 0) is 35.0 Å². The monoisotopic (exact) mass is 284 g/mol. The van der Waals surface area contributed by atoms with E-state index in [2.05, 4.69) is 15.4 Å². The van der Waals surface area contributed by atoms with Gasteiger partial charge in [-0.3, -0.25) is 0 Å². The molecule has 0 unspecified atom stereocenters. The molecule has 3 rings (SSSR count). The zero-order valence-corrected chi connectivity index (χ0v) is 11.4. The quantitative estimate of drug-likeness (QED) is 0.738. The van der Waals surface area contributed by atoms with Gasteiger partial charge < -0.3 is 4.74 Å². The summed E-state index contributed by atoms with van der Waals surface area (Å²) in [5, 5.41) is 12.3. The van der Waals surface area contributed by atoms with Crippen LogP contribution in [0, 0.1) is 5.82 Å². The first-order chi connectivity index (χ1) is 10.2. The molecule has 0 bridgehead atoms. The molecule has 1 aromatic heterocycles. The van der Waals surface area contributed by atoms with Gasteiger partial charge in [-0.25, -0.2) is 4.39 Å². The van der Waals surface area contributed by atoms with Crippen molar-refractivity contribution in [2.75, 3.05) is 7.11 Å². The van der Waals surface area contributed by atoms with Crippen molar-refractivity contribution in [3.63, 3.8) is 0 Å². The van der Waals surface area contributed by atoms with Gasteiger partial charge in [-0.1, -0.05) is 24.3 Å². The summed E-state index contributed by atoms with van der Waals surface area (Å²) in [6.07, 6.45) is 0. The first kappa shape index (κ1) is 13.2. The van der Waals surface area contributed by atoms with E-state index in [0.29, 0.717) is 12.4 Å². The smallest absolute Gasteiger partial charge is 0.205 e. The number of rotatable bonds is 4. The third-order valence-electron chi connectivity index (χ3n) is 2.99. The number of methoxy groups -OCH3 is 1. The highest BCUT2D eigenvalue weighted by Gasteiger charge is 2.07. The van der Waals surface area contributed by atoms with E-state index in [1.54, 1.807) is 13.2 Å². The molecule has 0 radical (unpaired) electrons. The molecule has 21 heavy (non-hydrogen) atoms. The minimum absolute atomic E-state index is 0.277. The highest BCUT2D eigenvalue weighted by atomic mass is 19.1. The second-order valence-corrected chi connectivity index (χ2v) is 4.51. The van der Waals surface area contributed by atoms with Gasteiger partial charge in [0.1, 0.15) is 11.6 Å². The Hall–Kier alpha value is -2.76. The molecule has 106 valence electrons. The van der Waals surface area contributed by atoms with Crippen molar-refractivity contribution in [2.45, 2.75) is 6.54 Å². The van der Waals surface area contributed by atoms with Gasteiger partial charge in [0.25, 0.3) is 0 Å². The Kier molecular flexibility index (Phi) is 3.59. The van der Waals surface area contributed by atoms with Crippen LogP contribution in [0.4, 0.5) is 4.39 Å². The molecule has 0 atom stereocenters. The minimum atomic E-state index is -0.277. The third kappa shape index (κ3) is 3.05. The van der Waals surface area contributed by atoms with Crippen LogP contribution in [0.15, 0.2) is 48.5 Å². The van der Waals surface area contributed by atoms with Crippen molar-refractivity contribution in [3.8, 4) is 17.1 Å². The standard InChI is InChI=1S/C15H13FN4O/c1-21-14-7-3-5-12(9-14)15-17-19-20(18-15)10-11-4-2-6-13(16)8-11/h2-9H,10H2,1H3. The summed E-state index contributed by atoms with van der Waals surface area (Å²) in [6.45, 7) is 0.370. The van der Waals surface area contributed by atoms with Crippen molar-refractivity contribution in [1.29, 1.82) is 0 Å². The van der Waals surface area contributed by atoms with Gasteiger partial charge in [-0.15, -0.1) is 10.2 Å². The minimum Gasteiger partial charge on any atom is -0.497 e. The summed E-state index contributed by atoms with van der Waals surface area (Å²) in [6, 6.07) is 13.8. The lowest BCUT2D eigenvalue weighted by Crippen LogP contribution is -2.04. The average Bonchev–Trinajstić information content (AvgIpc) is 2.96. The van der Waals surface area contributed by atoms with Gasteiger partial charge in [0, 0.05) is 5.56 Å². The predicted molar refractivity (Wildman–Crippen MR) is 75.3 cm³/mol. The highest BCUT2D eigenvalue weighted by molar-refractivity contribution is 5.56. The van der Waals surface area contributed by atoms with Crippen LogP contribution in [0.25, 0.3) is 11.4 Å². The summed E-state index contributed by atoms with van der Waals surface area (Å²) < 4.78 is 18.3. The molecule has 0 aliphatic rings. The SMILES string of the molecule is COc1cccc(-c2nnn(Cc3cccc(F)c3)n2)c1. The fourth-order valence-electron chi connectivity index (χ4n) is 1.99. The third-order valence-corrected chi connectivity index (χ3v) is 2.99. The van der Waals surface area contributed by atoms with Crippen LogP contribution in [0.3, 0.4) is 0 Å². The number of nitrogens with zero attached hydrogens (tertiary/aromatic N) is 4. The number of hydrogen-bond donors (Lipinski definition) is 0. The first-order valence-corrected chi connectivity index (χ1v) is 6.41. The molecular formula is C15H13FN4O. The van der Waals surface area contributed by atoms with E-state index in [1.165, 1.54) is 16.9 Å². The van der Waals surface area contributed by atoms with Crippen LogP contribution in [0.1, 0.15) is 5.56 Å². The Morgan fingerprint density at radius 1 is 1.14 bits per heavy atom. The van der Waals surface area contributed by atoms with Gasteiger partial charge in [-0.2, -0.15) is 4.80 Å². The van der Waals surface area contributed by atoms with E-state index in [4.69, 9.17) is 4.74 Å². The number of aromatic nitrogens is 4. The molecule has 0 aliphatic heterocycles. The molecule has 2 aromatic carbocycles. The van der Waals surface area contributed by atoms with Crippen molar-refractivity contribution in [2.24, 2.45) is 0 Å². The van der Waals surface area contributed by atoms with Crippen LogP contribution in [-0.2, 0) is 6.54 Å². The average molecular weight is 284 g/mol. The molecule has 6 heteroatoms. The Balaban J connectivity index is 1.82. The lowest BCUT2D eigenvalue weighted by molar-refractivity contribution is 0.415. The van der Waals surface area contributed by atoms with Crippen LogP contribution >= 0.6 is 0 Å². The summed E-state index contributed by atoms with van der Waals surface area (Å²) in [7, 11) is 1.60. The van der Waals surface area contributed by atoms with Crippen molar-refractivity contribution in [3.05, 3.63) is 59.9 Å². The molecule has 0 aliphatic carbocycles. The molecular weight excluding hydrogens is 271 g/mol. The van der Waals surface area contributed by atoms with Gasteiger partial charge in [0.15, 0.2) is 0 Å². The number of tetrazole rings is 1. The Morgan fingerprint density at radius 3 is 2.81 bits per heavy atom. The number of ether oxygens (including phenoxy) is 1. The molecule has 0 fully saturated rings. The lowest BCUT2D eigenvalue weighted by Gasteiger charge is -2.01. The second kappa shape index (κ2) is 5.70. The largest absolute Gasteiger partial charge is 0.497 e. The van der Waals surface area contributed by atoms with Crippen LogP contribution in [-0.4, -0.2) is 27.3 Å². The fraction of sp³-hybridized carbons (Fsp3) is 0.133. The van der Waals surface area contributed by atoms with Gasteiger partial charge in [0.2, 0.25) is 5.82 Å². The maximum Gasteiger partial charge on any atom is 0.205 e. The van der Waals surface area contributed by atoms with Gasteiger partial charge >= 0.3 is 0 Å². The van der Waals surface area contributed by atoms with Crippen LogP contribution < -0.4 is 4.74 Å². The molecule has 0 amide bonds. The topological polar surface area (TPSA) is 52.8 Å². The van der Waals surface area contributed by atoms with Crippen molar-refractivity contribution in [1.82, 2.24) is 20.2 Å². The van der Waals surface area contributed by atoms with Crippen molar-refractivity contribution < 1.29 is 9.13 Å². The van der Waals surface area contributed by atoms with Crippen LogP contribution in [0.5, 0.6) is 5.75 Å². The van der Waals surface area contributed by atoms with Gasteiger partial charge in [0.05, 0.1) is 13.7 Å². The van der Waals surface area contributed by atoms with E-state index in [9.17, 15) is 4.39 Å². The van der Waals surface area contributed by atoms with E-state index >= 15 is 0 Å². The highest BCUT2D eigenvalue weighted by Crippen LogP contribution is 2.19. The molecule has 0 saturated carbocycles. The molecule has 0 saturated heterocycles. The summed E-state index contributed by atoms with van der Waals surface area (Å²) in [5.74, 6) is 0.958. The molecule has 0 N–H and O–H groups in total. The van der Waals surface area contributed by atoms with E-state index in [0.717, 1.165) is 16.9 Å². The predicted octanol–water partition coefficient (Wildman–Crippen LogP) is 2.54. The zero-order chi connectivity index (χ0) is 14.7. The second-order valence-electron chi connectivity index (χ2n) is 4.51. The van der Waals surface area contributed by atoms with Crippen LogP contribution in [0.2, 0.25) is 0 Å². The maximum absolute atomic E-state index is 13.1. The molecule has 1 heterocycles. The summed E-state index contributed by atoms with van der Waals surface area (Å²) in [5.41, 5.74) is 1.60. The number of benzene rings is 2. The normalized spacial score (nSPS) is 10.6.